The van der Waals surface area contributed by atoms with Crippen molar-refractivity contribution in [2.75, 3.05) is 13.2 Å². The quantitative estimate of drug-likeness (QED) is 0.0261. The number of hydrogen-bond donors (Lipinski definition) is 0. The van der Waals surface area contributed by atoms with E-state index in [9.17, 15) is 14.4 Å². The lowest BCUT2D eigenvalue weighted by Crippen LogP contribution is -2.30. The molecule has 0 fully saturated rings. The van der Waals surface area contributed by atoms with Crippen molar-refractivity contribution in [3.05, 3.63) is 170 Å². The summed E-state index contributed by atoms with van der Waals surface area (Å²) < 4.78 is 16.9. The van der Waals surface area contributed by atoms with Crippen LogP contribution in [0.1, 0.15) is 252 Å². The Balaban J connectivity index is 4.48. The van der Waals surface area contributed by atoms with Gasteiger partial charge in [-0.25, -0.2) is 0 Å². The zero-order valence-corrected chi connectivity index (χ0v) is 50.6. The Bertz CT molecular complexity index is 1820. The predicted molar refractivity (Wildman–Crippen MR) is 343 cm³/mol. The Morgan fingerprint density at radius 3 is 0.772 bits per heavy atom. The molecule has 6 nitrogen and oxygen atoms in total. The summed E-state index contributed by atoms with van der Waals surface area (Å²) in [4.78, 5) is 38.3. The molecule has 0 aliphatic carbocycles. The SMILES string of the molecule is CC/C=C\C/C=C\C/C=C\C/C=C\C/C=C\C/C=C\CCCCCCCCC(=O)OCC(COC(=O)CCCCCCC/C=C\C/C=C\CCC)OC(=O)CCCCCC/C=C\C/C=C\C/C=C\C/C=C\C/C=C\C/C=C\CC. The van der Waals surface area contributed by atoms with Crippen LogP contribution in [0, 0.1) is 0 Å². The summed E-state index contributed by atoms with van der Waals surface area (Å²) in [5, 5.41) is 0. The molecule has 0 aliphatic heterocycles. The maximum Gasteiger partial charge on any atom is 0.306 e. The highest BCUT2D eigenvalue weighted by Gasteiger charge is 2.19. The fourth-order valence-electron chi connectivity index (χ4n) is 8.02. The van der Waals surface area contributed by atoms with Crippen LogP contribution < -0.4 is 0 Å². The van der Waals surface area contributed by atoms with E-state index in [1.807, 2.05) is 0 Å². The number of hydrogen-bond acceptors (Lipinski definition) is 6. The van der Waals surface area contributed by atoms with Gasteiger partial charge >= 0.3 is 17.9 Å². The molecule has 0 aromatic carbocycles. The maximum atomic E-state index is 12.9. The zero-order valence-electron chi connectivity index (χ0n) is 50.6. The molecule has 0 spiro atoms. The molecule has 0 N–H and O–H groups in total. The van der Waals surface area contributed by atoms with Crippen molar-refractivity contribution in [1.29, 1.82) is 0 Å². The third kappa shape index (κ3) is 63.5. The molecule has 0 aliphatic rings. The average Bonchev–Trinajstić information content (AvgIpc) is 3.45. The smallest absolute Gasteiger partial charge is 0.306 e. The minimum absolute atomic E-state index is 0.109. The Hall–Kier alpha value is -5.23. The van der Waals surface area contributed by atoms with Crippen molar-refractivity contribution in [3.63, 3.8) is 0 Å². The van der Waals surface area contributed by atoms with Crippen LogP contribution in [0.15, 0.2) is 170 Å². The van der Waals surface area contributed by atoms with E-state index >= 15 is 0 Å². The molecule has 0 bridgehead atoms. The van der Waals surface area contributed by atoms with Gasteiger partial charge in [0.25, 0.3) is 0 Å². The van der Waals surface area contributed by atoms with Gasteiger partial charge in [0.1, 0.15) is 13.2 Å². The first kappa shape index (κ1) is 73.8. The Labute approximate surface area is 485 Å². The molecular formula is C73H114O6. The van der Waals surface area contributed by atoms with Crippen LogP contribution in [0.25, 0.3) is 0 Å². The second-order valence-electron chi connectivity index (χ2n) is 20.2. The van der Waals surface area contributed by atoms with Gasteiger partial charge in [-0.3, -0.25) is 14.4 Å². The van der Waals surface area contributed by atoms with Gasteiger partial charge in [-0.1, -0.05) is 255 Å². The second kappa shape index (κ2) is 65.3. The molecule has 6 heteroatoms. The monoisotopic (exact) mass is 1090 g/mol. The van der Waals surface area contributed by atoms with E-state index in [1.54, 1.807) is 0 Å². The summed E-state index contributed by atoms with van der Waals surface area (Å²) in [7, 11) is 0. The molecule has 1 unspecified atom stereocenters. The molecule has 1 atom stereocenters. The van der Waals surface area contributed by atoms with E-state index in [-0.39, 0.29) is 37.5 Å². The largest absolute Gasteiger partial charge is 0.462 e. The lowest BCUT2D eigenvalue weighted by molar-refractivity contribution is -0.167. The minimum atomic E-state index is -0.815. The van der Waals surface area contributed by atoms with E-state index in [2.05, 4.69) is 191 Å². The normalized spacial score (nSPS) is 13.3. The van der Waals surface area contributed by atoms with E-state index in [0.29, 0.717) is 12.8 Å². The van der Waals surface area contributed by atoms with Gasteiger partial charge in [-0.2, -0.15) is 0 Å². The highest BCUT2D eigenvalue weighted by atomic mass is 16.6. The van der Waals surface area contributed by atoms with Crippen LogP contribution >= 0.6 is 0 Å². The summed E-state index contributed by atoms with van der Waals surface area (Å²) in [6, 6.07) is 0. The van der Waals surface area contributed by atoms with Gasteiger partial charge in [0.15, 0.2) is 6.10 Å². The van der Waals surface area contributed by atoms with Crippen LogP contribution in [-0.4, -0.2) is 37.2 Å². The van der Waals surface area contributed by atoms with E-state index in [0.717, 1.165) is 193 Å². The van der Waals surface area contributed by atoms with Crippen molar-refractivity contribution in [1.82, 2.24) is 0 Å². The highest BCUT2D eigenvalue weighted by Crippen LogP contribution is 2.13. The lowest BCUT2D eigenvalue weighted by Gasteiger charge is -2.18. The molecule has 79 heavy (non-hydrogen) atoms. The molecule has 0 amide bonds. The van der Waals surface area contributed by atoms with Crippen molar-refractivity contribution in [2.45, 2.75) is 258 Å². The van der Waals surface area contributed by atoms with Crippen LogP contribution in [0.4, 0.5) is 0 Å². The summed E-state index contributed by atoms with van der Waals surface area (Å²) in [5.41, 5.74) is 0. The molecular weight excluding hydrogens is 973 g/mol. The zero-order chi connectivity index (χ0) is 57.1. The van der Waals surface area contributed by atoms with Crippen molar-refractivity contribution >= 4 is 17.9 Å². The molecule has 0 aromatic heterocycles. The average molecular weight is 1090 g/mol. The fourth-order valence-corrected chi connectivity index (χ4v) is 8.02. The van der Waals surface area contributed by atoms with E-state index in [1.165, 1.54) is 19.3 Å². The number of rotatable bonds is 55. The first-order valence-electron chi connectivity index (χ1n) is 31.6. The molecule has 0 saturated carbocycles. The summed E-state index contributed by atoms with van der Waals surface area (Å²) >= 11 is 0. The van der Waals surface area contributed by atoms with Crippen LogP contribution in [-0.2, 0) is 28.6 Å². The van der Waals surface area contributed by atoms with Crippen LogP contribution in [0.2, 0.25) is 0 Å². The topological polar surface area (TPSA) is 78.9 Å². The van der Waals surface area contributed by atoms with Crippen molar-refractivity contribution in [3.8, 4) is 0 Å². The van der Waals surface area contributed by atoms with Gasteiger partial charge in [0.2, 0.25) is 0 Å². The van der Waals surface area contributed by atoms with Gasteiger partial charge < -0.3 is 14.2 Å². The predicted octanol–water partition coefficient (Wildman–Crippen LogP) is 21.9. The Morgan fingerprint density at radius 1 is 0.266 bits per heavy atom. The number of esters is 3. The van der Waals surface area contributed by atoms with Gasteiger partial charge in [-0.15, -0.1) is 0 Å². The van der Waals surface area contributed by atoms with Crippen molar-refractivity contribution in [2.24, 2.45) is 0 Å². The van der Waals surface area contributed by atoms with Crippen LogP contribution in [0.3, 0.4) is 0 Å². The minimum Gasteiger partial charge on any atom is -0.462 e. The number of allylic oxidation sites excluding steroid dienone is 28. The molecule has 0 radical (unpaired) electrons. The first-order valence-corrected chi connectivity index (χ1v) is 31.6. The van der Waals surface area contributed by atoms with E-state index in [4.69, 9.17) is 14.2 Å². The second-order valence-corrected chi connectivity index (χ2v) is 20.2. The van der Waals surface area contributed by atoms with Gasteiger partial charge in [0.05, 0.1) is 0 Å². The van der Waals surface area contributed by atoms with Crippen LogP contribution in [0.5, 0.6) is 0 Å². The third-order valence-corrected chi connectivity index (χ3v) is 12.7. The summed E-state index contributed by atoms with van der Waals surface area (Å²) in [6.45, 7) is 6.29. The molecule has 0 saturated heterocycles. The maximum absolute atomic E-state index is 12.9. The van der Waals surface area contributed by atoms with Gasteiger partial charge in [-0.05, 0) is 148 Å². The summed E-state index contributed by atoms with van der Waals surface area (Å²) in [6.07, 6.45) is 96.3. The summed E-state index contributed by atoms with van der Waals surface area (Å²) in [5.74, 6) is -0.968. The Morgan fingerprint density at radius 2 is 0.494 bits per heavy atom. The first-order chi connectivity index (χ1) is 39.0. The third-order valence-electron chi connectivity index (χ3n) is 12.7. The number of ether oxygens (including phenoxy) is 3. The standard InChI is InChI=1S/C73H114O6/c1-4-7-10-13-16-19-22-25-27-29-31-33-35-36-38-39-41-43-45-48-51-54-57-60-63-66-72(75)78-69-70(68-77-71(74)65-62-59-56-53-50-47-24-21-18-15-12-9-6-3)79-73(76)67-64-61-58-55-52-49-46-44-42-40-37-34-32-30-28-26-23-20-17-14-11-8-5-2/h7-8,10-12,15-17,19-21,24-28,31-34,36,38,40-43,46,49,70H,4-6,9,13-14,18,22-23,29-30,35,37,39,44-45,47-48,50-69H2,1-3H3/b10-7-,11-8-,15-12-,19-16-,20-17-,24-21-,27-25-,28-26-,33-31-,34-32-,38-36-,42-40-,43-41-,49-46-. The Kier molecular flexibility index (Phi) is 61.0. The molecule has 0 rings (SSSR count). The lowest BCUT2D eigenvalue weighted by atomic mass is 10.1. The number of unbranched alkanes of at least 4 members (excludes halogenated alkanes) is 16. The van der Waals surface area contributed by atoms with Crippen molar-refractivity contribution < 1.29 is 28.6 Å². The van der Waals surface area contributed by atoms with E-state index < -0.39 is 6.10 Å². The highest BCUT2D eigenvalue weighted by molar-refractivity contribution is 5.71. The fraction of sp³-hybridized carbons (Fsp3) is 0.575. The van der Waals surface area contributed by atoms with Gasteiger partial charge in [0, 0.05) is 19.3 Å². The molecule has 442 valence electrons. The number of carbonyl (C=O) groups excluding carboxylic acids is 3. The molecule has 0 aromatic rings. The number of carbonyl (C=O) groups is 3. The molecule has 0 heterocycles.